The van der Waals surface area contributed by atoms with E-state index in [1.165, 1.54) is 27.3 Å². The van der Waals surface area contributed by atoms with E-state index in [1.807, 2.05) is 0 Å². The van der Waals surface area contributed by atoms with E-state index in [0.717, 1.165) is 4.31 Å². The van der Waals surface area contributed by atoms with Crippen LogP contribution in [0.15, 0.2) is 52.2 Å². The average Bonchev–Trinajstić information content (AvgIpc) is 2.89. The molecule has 30 heavy (non-hydrogen) atoms. The highest BCUT2D eigenvalue weighted by molar-refractivity contribution is 7.92. The Bertz CT molecular complexity index is 1280. The van der Waals surface area contributed by atoms with Gasteiger partial charge in [0.1, 0.15) is 6.54 Å². The van der Waals surface area contributed by atoms with Crippen molar-refractivity contribution < 1.29 is 13.2 Å². The Morgan fingerprint density at radius 2 is 1.77 bits per heavy atom. The van der Waals surface area contributed by atoms with Crippen LogP contribution in [-0.2, 0) is 28.9 Å². The van der Waals surface area contributed by atoms with Crippen LogP contribution in [0.3, 0.4) is 0 Å². The normalized spacial score (nSPS) is 11.8. The highest BCUT2D eigenvalue weighted by Gasteiger charge is 2.28. The number of sulfonamides is 1. The lowest BCUT2D eigenvalue weighted by atomic mass is 10.3. The number of hydrogen-bond acceptors (Lipinski definition) is 4. The van der Waals surface area contributed by atoms with E-state index >= 15 is 0 Å². The molecule has 160 valence electrons. The maximum atomic E-state index is 13.5. The zero-order valence-electron chi connectivity index (χ0n) is 17.1. The number of rotatable bonds is 6. The van der Waals surface area contributed by atoms with E-state index in [1.54, 1.807) is 52.2 Å². The monoisotopic (exact) mass is 450 g/mol. The van der Waals surface area contributed by atoms with Gasteiger partial charge in [-0.3, -0.25) is 18.2 Å². The van der Waals surface area contributed by atoms with Crippen molar-refractivity contribution >= 4 is 44.3 Å². The fourth-order valence-corrected chi connectivity index (χ4v) is 4.84. The molecule has 1 N–H and O–H groups in total. The zero-order valence-corrected chi connectivity index (χ0v) is 18.7. The highest BCUT2D eigenvalue weighted by atomic mass is 35.5. The number of aromatic nitrogens is 2. The van der Waals surface area contributed by atoms with Gasteiger partial charge in [-0.15, -0.1) is 0 Å². The third-order valence-electron chi connectivity index (χ3n) is 4.66. The molecule has 0 aliphatic carbocycles. The molecule has 0 saturated carbocycles. The SMILES string of the molecule is CC(C)NC(=O)CN(c1cccc(Cl)c1)S(=O)(=O)c1ccc2c(c1)n(C)c(=O)n2C. The number of carbonyl (C=O) groups excluding carboxylic acids is 1. The summed E-state index contributed by atoms with van der Waals surface area (Å²) < 4.78 is 30.9. The lowest BCUT2D eigenvalue weighted by Gasteiger charge is -2.25. The van der Waals surface area contributed by atoms with Crippen molar-refractivity contribution in [2.24, 2.45) is 14.1 Å². The molecule has 3 rings (SSSR count). The molecule has 1 heterocycles. The van der Waals surface area contributed by atoms with E-state index in [0.29, 0.717) is 16.1 Å². The second-order valence-electron chi connectivity index (χ2n) is 7.26. The molecule has 0 atom stereocenters. The van der Waals surface area contributed by atoms with E-state index in [2.05, 4.69) is 5.32 Å². The number of benzene rings is 2. The van der Waals surface area contributed by atoms with Gasteiger partial charge in [-0.1, -0.05) is 17.7 Å². The summed E-state index contributed by atoms with van der Waals surface area (Å²) in [6.07, 6.45) is 0. The van der Waals surface area contributed by atoms with Gasteiger partial charge in [0.05, 0.1) is 21.6 Å². The molecule has 2 aromatic carbocycles. The van der Waals surface area contributed by atoms with E-state index < -0.39 is 22.5 Å². The Labute approximate surface area is 179 Å². The quantitative estimate of drug-likeness (QED) is 0.623. The number of imidazole rings is 1. The standard InChI is InChI=1S/C20H23ClN4O4S/c1-13(2)22-19(26)12-25(15-7-5-6-14(21)10-15)30(28,29)16-8-9-17-18(11-16)24(4)20(27)23(17)3/h5-11,13H,12H2,1-4H3,(H,22,26). The summed E-state index contributed by atoms with van der Waals surface area (Å²) in [7, 11) is -0.931. The van der Waals surface area contributed by atoms with Crippen molar-refractivity contribution in [3.63, 3.8) is 0 Å². The molecule has 0 saturated heterocycles. The first-order valence-electron chi connectivity index (χ1n) is 9.25. The van der Waals surface area contributed by atoms with Crippen LogP contribution in [0, 0.1) is 0 Å². The van der Waals surface area contributed by atoms with E-state index in [9.17, 15) is 18.0 Å². The number of fused-ring (bicyclic) bond motifs is 1. The highest BCUT2D eigenvalue weighted by Crippen LogP contribution is 2.27. The smallest absolute Gasteiger partial charge is 0.328 e. The Kier molecular flexibility index (Phi) is 5.96. The lowest BCUT2D eigenvalue weighted by Crippen LogP contribution is -2.42. The van der Waals surface area contributed by atoms with E-state index in [-0.39, 0.29) is 22.3 Å². The molecule has 0 bridgehead atoms. The van der Waals surface area contributed by atoms with Gasteiger partial charge in [0.15, 0.2) is 0 Å². The van der Waals surface area contributed by atoms with Gasteiger partial charge in [0.2, 0.25) is 5.91 Å². The third kappa shape index (κ3) is 4.08. The Morgan fingerprint density at radius 1 is 1.10 bits per heavy atom. The Hall–Kier alpha value is -2.78. The number of carbonyl (C=O) groups is 1. The van der Waals surface area contributed by atoms with Gasteiger partial charge in [-0.2, -0.15) is 0 Å². The topological polar surface area (TPSA) is 93.4 Å². The van der Waals surface area contributed by atoms with Crippen LogP contribution in [0.2, 0.25) is 5.02 Å². The maximum absolute atomic E-state index is 13.5. The molecule has 3 aromatic rings. The van der Waals surface area contributed by atoms with Crippen molar-refractivity contribution in [3.8, 4) is 0 Å². The summed E-state index contributed by atoms with van der Waals surface area (Å²) in [4.78, 5) is 24.6. The summed E-state index contributed by atoms with van der Waals surface area (Å²) in [6, 6.07) is 10.6. The van der Waals surface area contributed by atoms with Crippen LogP contribution in [0.1, 0.15) is 13.8 Å². The van der Waals surface area contributed by atoms with Gasteiger partial charge in [-0.25, -0.2) is 13.2 Å². The molecule has 0 aliphatic heterocycles. The number of nitrogens with one attached hydrogen (secondary N) is 1. The van der Waals surface area contributed by atoms with Crippen LogP contribution < -0.4 is 15.3 Å². The molecule has 1 amide bonds. The van der Waals surface area contributed by atoms with Gasteiger partial charge < -0.3 is 5.32 Å². The van der Waals surface area contributed by atoms with Crippen LogP contribution in [0.25, 0.3) is 11.0 Å². The Morgan fingerprint density at radius 3 is 2.40 bits per heavy atom. The first-order chi connectivity index (χ1) is 14.0. The summed E-state index contributed by atoms with van der Waals surface area (Å²) >= 11 is 6.06. The number of amides is 1. The van der Waals surface area contributed by atoms with Gasteiger partial charge in [0, 0.05) is 25.2 Å². The minimum atomic E-state index is -4.12. The number of hydrogen-bond donors (Lipinski definition) is 1. The van der Waals surface area contributed by atoms with Crippen LogP contribution in [-0.4, -0.2) is 36.0 Å². The van der Waals surface area contributed by atoms with Crippen molar-refractivity contribution in [1.29, 1.82) is 0 Å². The van der Waals surface area contributed by atoms with Crippen molar-refractivity contribution in [2.45, 2.75) is 24.8 Å². The number of aryl methyl sites for hydroxylation is 2. The molecule has 1 aromatic heterocycles. The molecule has 8 nitrogen and oxygen atoms in total. The van der Waals surface area contributed by atoms with E-state index in [4.69, 9.17) is 11.6 Å². The molecular formula is C20H23ClN4O4S. The first-order valence-corrected chi connectivity index (χ1v) is 11.1. The molecule has 0 radical (unpaired) electrons. The minimum absolute atomic E-state index is 0.0338. The predicted octanol–water partition coefficient (Wildman–Crippen LogP) is 2.25. The summed E-state index contributed by atoms with van der Waals surface area (Å²) in [6.45, 7) is 3.17. The van der Waals surface area contributed by atoms with Crippen LogP contribution >= 0.6 is 11.6 Å². The van der Waals surface area contributed by atoms with Gasteiger partial charge >= 0.3 is 5.69 Å². The van der Waals surface area contributed by atoms with Crippen molar-refractivity contribution in [1.82, 2.24) is 14.5 Å². The van der Waals surface area contributed by atoms with Crippen molar-refractivity contribution in [2.75, 3.05) is 10.8 Å². The van der Waals surface area contributed by atoms with Crippen LogP contribution in [0.4, 0.5) is 5.69 Å². The Balaban J connectivity index is 2.13. The minimum Gasteiger partial charge on any atom is -0.352 e. The average molecular weight is 451 g/mol. The first kappa shape index (κ1) is 21.9. The largest absolute Gasteiger partial charge is 0.352 e. The number of nitrogens with zero attached hydrogens (tertiary/aromatic N) is 3. The molecule has 10 heteroatoms. The maximum Gasteiger partial charge on any atom is 0.328 e. The second-order valence-corrected chi connectivity index (χ2v) is 9.56. The molecule has 0 unspecified atom stereocenters. The van der Waals surface area contributed by atoms with Crippen molar-refractivity contribution in [3.05, 3.63) is 58.0 Å². The molecule has 0 aliphatic rings. The molecular weight excluding hydrogens is 428 g/mol. The lowest BCUT2D eigenvalue weighted by molar-refractivity contribution is -0.120. The zero-order chi connectivity index (χ0) is 22.2. The fourth-order valence-electron chi connectivity index (χ4n) is 3.22. The molecule has 0 spiro atoms. The summed E-state index contributed by atoms with van der Waals surface area (Å²) in [5.74, 6) is -0.443. The van der Waals surface area contributed by atoms with Crippen LogP contribution in [0.5, 0.6) is 0 Å². The van der Waals surface area contributed by atoms with Gasteiger partial charge in [-0.05, 0) is 50.2 Å². The fraction of sp³-hybridized carbons (Fsp3) is 0.300. The second kappa shape index (κ2) is 8.16. The molecule has 0 fully saturated rings. The number of anilines is 1. The third-order valence-corrected chi connectivity index (χ3v) is 6.67. The summed E-state index contributed by atoms with van der Waals surface area (Å²) in [5.41, 5.74) is 1.08. The predicted molar refractivity (Wildman–Crippen MR) is 117 cm³/mol. The van der Waals surface area contributed by atoms with Gasteiger partial charge in [0.25, 0.3) is 10.0 Å². The number of halogens is 1. The summed E-state index contributed by atoms with van der Waals surface area (Å²) in [5, 5.41) is 3.05.